The predicted molar refractivity (Wildman–Crippen MR) is 105 cm³/mol. The summed E-state index contributed by atoms with van der Waals surface area (Å²) in [5, 5.41) is 3.45. The molecule has 3 N–H and O–H groups in total. The fraction of sp³-hybridized carbons (Fsp3) is 0.188. The molecule has 0 saturated carbocycles. The lowest BCUT2D eigenvalue weighted by Crippen LogP contribution is -2.35. The fourth-order valence-corrected chi connectivity index (χ4v) is 2.96. The number of hydrogen-bond donors (Lipinski definition) is 2. The van der Waals surface area contributed by atoms with E-state index in [1.165, 1.54) is 16.3 Å². The van der Waals surface area contributed by atoms with Crippen LogP contribution in [0.2, 0.25) is 0 Å². The number of primary amides is 1. The summed E-state index contributed by atoms with van der Waals surface area (Å²) >= 11 is 1.31. The van der Waals surface area contributed by atoms with Crippen LogP contribution in [-0.2, 0) is 0 Å². The van der Waals surface area contributed by atoms with Crippen molar-refractivity contribution in [3.8, 4) is 11.5 Å². The lowest BCUT2D eigenvalue weighted by molar-refractivity contribution is 0.234. The molecule has 0 bridgehead atoms. The van der Waals surface area contributed by atoms with Crippen molar-refractivity contribution in [1.29, 1.82) is 0 Å². The average Bonchev–Trinajstić information content (AvgIpc) is 2.68. The molecule has 23 heavy (non-hydrogen) atoms. The quantitative estimate of drug-likeness (QED) is 0.551. The van der Waals surface area contributed by atoms with Crippen molar-refractivity contribution in [2.45, 2.75) is 6.04 Å². The van der Waals surface area contributed by atoms with Gasteiger partial charge in [-0.1, -0.05) is 30.3 Å². The first-order valence-electron chi connectivity index (χ1n) is 6.92. The second kappa shape index (κ2) is 7.78. The van der Waals surface area contributed by atoms with Crippen molar-refractivity contribution in [2.24, 2.45) is 5.73 Å². The number of fused-ring (bicyclic) bond motifs is 2. The minimum atomic E-state index is -0.453. The maximum atomic E-state index is 11.5. The first-order chi connectivity index (χ1) is 10.7. The Balaban J connectivity index is 0.00000192. The zero-order chi connectivity index (χ0) is 15.5. The molecule has 0 fully saturated rings. The standard InChI is InChI=1S/C16H17N3O2S.HI/c1-22-19(16(17)20)10-13-11-6-2-4-8-14(11)21-15-9-5-3-7-12(15)18-13;/h2-9,13,18H,10H2,1H3,(H2,17,20);1H. The Morgan fingerprint density at radius 2 is 1.87 bits per heavy atom. The van der Waals surface area contributed by atoms with E-state index in [9.17, 15) is 4.79 Å². The predicted octanol–water partition coefficient (Wildman–Crippen LogP) is 4.22. The van der Waals surface area contributed by atoms with E-state index in [4.69, 9.17) is 10.5 Å². The highest BCUT2D eigenvalue weighted by Gasteiger charge is 2.25. The van der Waals surface area contributed by atoms with Crippen LogP contribution in [0.5, 0.6) is 11.5 Å². The number of ether oxygens (including phenoxy) is 1. The lowest BCUT2D eigenvalue weighted by atomic mass is 10.1. The number of halogens is 1. The molecule has 3 rings (SSSR count). The average molecular weight is 443 g/mol. The maximum absolute atomic E-state index is 11.5. The number of nitrogens with two attached hydrogens (primary N) is 1. The van der Waals surface area contributed by atoms with Crippen molar-refractivity contribution < 1.29 is 9.53 Å². The van der Waals surface area contributed by atoms with Gasteiger partial charge in [0.1, 0.15) is 5.75 Å². The first-order valence-corrected chi connectivity index (χ1v) is 8.10. The van der Waals surface area contributed by atoms with Crippen LogP contribution in [0.4, 0.5) is 10.5 Å². The van der Waals surface area contributed by atoms with Gasteiger partial charge in [-0.15, -0.1) is 24.0 Å². The Bertz CT molecular complexity index is 699. The summed E-state index contributed by atoms with van der Waals surface area (Å²) in [5.41, 5.74) is 7.32. The largest absolute Gasteiger partial charge is 0.455 e. The molecule has 1 heterocycles. The van der Waals surface area contributed by atoms with Gasteiger partial charge in [0.15, 0.2) is 5.75 Å². The molecule has 2 amide bonds. The number of nitrogens with one attached hydrogen (secondary N) is 1. The Labute approximate surface area is 156 Å². The van der Waals surface area contributed by atoms with E-state index in [0.717, 1.165) is 22.7 Å². The number of urea groups is 1. The zero-order valence-corrected chi connectivity index (χ0v) is 15.7. The molecule has 1 atom stereocenters. The molecule has 7 heteroatoms. The summed E-state index contributed by atoms with van der Waals surface area (Å²) < 4.78 is 7.53. The van der Waals surface area contributed by atoms with Crippen molar-refractivity contribution in [3.63, 3.8) is 0 Å². The molecule has 0 saturated heterocycles. The number of hydrogen-bond acceptors (Lipinski definition) is 4. The highest BCUT2D eigenvalue weighted by molar-refractivity contribution is 14.0. The molecule has 1 unspecified atom stereocenters. The summed E-state index contributed by atoms with van der Waals surface area (Å²) in [6.45, 7) is 0.450. The van der Waals surface area contributed by atoms with Crippen molar-refractivity contribution in [2.75, 3.05) is 18.1 Å². The van der Waals surface area contributed by atoms with E-state index in [0.29, 0.717) is 6.54 Å². The van der Waals surface area contributed by atoms with E-state index in [1.54, 1.807) is 0 Å². The minimum absolute atomic E-state index is 0. The lowest BCUT2D eigenvalue weighted by Gasteiger charge is -2.25. The second-order valence-corrected chi connectivity index (χ2v) is 5.72. The Hall–Kier alpha value is -1.61. The van der Waals surface area contributed by atoms with Gasteiger partial charge in [-0.2, -0.15) is 0 Å². The van der Waals surface area contributed by atoms with Crippen molar-refractivity contribution in [3.05, 3.63) is 54.1 Å². The molecule has 0 spiro atoms. The van der Waals surface area contributed by atoms with E-state index < -0.39 is 6.03 Å². The molecule has 0 aromatic heterocycles. The van der Waals surface area contributed by atoms with Crippen LogP contribution in [0.1, 0.15) is 11.6 Å². The summed E-state index contributed by atoms with van der Waals surface area (Å²) in [6.07, 6.45) is 1.83. The number of amides is 2. The summed E-state index contributed by atoms with van der Waals surface area (Å²) in [7, 11) is 0. The molecule has 0 radical (unpaired) electrons. The highest BCUT2D eigenvalue weighted by atomic mass is 127. The zero-order valence-electron chi connectivity index (χ0n) is 12.6. The molecule has 2 aromatic rings. The molecule has 0 aliphatic carbocycles. The molecule has 122 valence electrons. The smallest absolute Gasteiger partial charge is 0.324 e. The fourth-order valence-electron chi connectivity index (χ4n) is 2.48. The van der Waals surface area contributed by atoms with Crippen LogP contribution < -0.4 is 15.8 Å². The van der Waals surface area contributed by atoms with Crippen LogP contribution >= 0.6 is 35.9 Å². The van der Waals surface area contributed by atoms with Gasteiger partial charge >= 0.3 is 6.03 Å². The number of rotatable bonds is 3. The Kier molecular flexibility index (Phi) is 6.00. The third kappa shape index (κ3) is 3.84. The highest BCUT2D eigenvalue weighted by Crippen LogP contribution is 2.40. The summed E-state index contributed by atoms with van der Waals surface area (Å²) in [4.78, 5) is 11.5. The monoisotopic (exact) mass is 443 g/mol. The van der Waals surface area contributed by atoms with Crippen LogP contribution in [-0.4, -0.2) is 23.1 Å². The number of benzene rings is 2. The molecular weight excluding hydrogens is 425 g/mol. The van der Waals surface area contributed by atoms with E-state index in [1.807, 2.05) is 54.8 Å². The SMILES string of the molecule is CSN(CC1Nc2ccccc2Oc2ccccc21)C(N)=O.I. The molecule has 2 aromatic carbocycles. The van der Waals surface area contributed by atoms with Crippen molar-refractivity contribution in [1.82, 2.24) is 4.31 Å². The normalized spacial score (nSPS) is 14.9. The minimum Gasteiger partial charge on any atom is -0.455 e. The van der Waals surface area contributed by atoms with Gasteiger partial charge in [-0.25, -0.2) is 4.79 Å². The summed E-state index contributed by atoms with van der Waals surface area (Å²) in [6, 6.07) is 15.0. The van der Waals surface area contributed by atoms with Gasteiger partial charge < -0.3 is 15.8 Å². The molecule has 1 aliphatic rings. The van der Waals surface area contributed by atoms with Crippen molar-refractivity contribution >= 4 is 47.6 Å². The van der Waals surface area contributed by atoms with Crippen LogP contribution in [0.25, 0.3) is 0 Å². The number of carbonyl (C=O) groups is 1. The third-order valence-electron chi connectivity index (χ3n) is 3.55. The Morgan fingerprint density at radius 3 is 2.57 bits per heavy atom. The first kappa shape index (κ1) is 17.7. The van der Waals surface area contributed by atoms with Crippen LogP contribution in [0, 0.1) is 0 Å². The van der Waals surface area contributed by atoms with Gasteiger partial charge in [-0.3, -0.25) is 4.31 Å². The van der Waals surface area contributed by atoms with Gasteiger partial charge in [0, 0.05) is 11.8 Å². The van der Waals surface area contributed by atoms with Gasteiger partial charge in [0.2, 0.25) is 0 Å². The van der Waals surface area contributed by atoms with Gasteiger partial charge in [-0.05, 0) is 30.1 Å². The van der Waals surface area contributed by atoms with E-state index >= 15 is 0 Å². The maximum Gasteiger partial charge on any atom is 0.324 e. The molecule has 5 nitrogen and oxygen atoms in total. The van der Waals surface area contributed by atoms with E-state index in [-0.39, 0.29) is 30.0 Å². The topological polar surface area (TPSA) is 67.6 Å². The number of anilines is 1. The third-order valence-corrected chi connectivity index (χ3v) is 4.32. The van der Waals surface area contributed by atoms with E-state index in [2.05, 4.69) is 5.32 Å². The van der Waals surface area contributed by atoms with Crippen LogP contribution in [0.3, 0.4) is 0 Å². The number of para-hydroxylation sites is 3. The molecular formula is C16H18IN3O2S. The number of carbonyl (C=O) groups excluding carboxylic acids is 1. The number of nitrogens with zero attached hydrogens (tertiary/aromatic N) is 1. The second-order valence-electron chi connectivity index (χ2n) is 4.91. The van der Waals surface area contributed by atoms with Gasteiger partial charge in [0.25, 0.3) is 0 Å². The Morgan fingerprint density at radius 1 is 1.22 bits per heavy atom. The molecule has 1 aliphatic heterocycles. The van der Waals surface area contributed by atoms with Gasteiger partial charge in [0.05, 0.1) is 18.3 Å². The van der Waals surface area contributed by atoms with Crippen LogP contribution in [0.15, 0.2) is 48.5 Å². The summed E-state index contributed by atoms with van der Waals surface area (Å²) in [5.74, 6) is 1.56.